The number of methoxy groups -OCH3 is 1. The lowest BCUT2D eigenvalue weighted by atomic mass is 10.1. The predicted octanol–water partition coefficient (Wildman–Crippen LogP) is 1.93. The number of hydrogen-bond acceptors (Lipinski definition) is 7. The van der Waals surface area contributed by atoms with Gasteiger partial charge >= 0.3 is 5.97 Å². The van der Waals surface area contributed by atoms with Crippen molar-refractivity contribution in [2.75, 3.05) is 32.7 Å². The lowest BCUT2D eigenvalue weighted by Gasteiger charge is -2.09. The maximum atomic E-state index is 11.8. The molecule has 0 amide bonds. The van der Waals surface area contributed by atoms with Crippen molar-refractivity contribution in [3.05, 3.63) is 36.0 Å². The normalized spacial score (nSPS) is 10.3. The summed E-state index contributed by atoms with van der Waals surface area (Å²) in [6, 6.07) is 8.87. The van der Waals surface area contributed by atoms with Crippen LogP contribution in [0, 0.1) is 0 Å². The fourth-order valence-electron chi connectivity index (χ4n) is 1.91. The monoisotopic (exact) mass is 317 g/mol. The average Bonchev–Trinajstić information content (AvgIpc) is 2.55. The molecule has 122 valence electrons. The Hall–Kier alpha value is -2.67. The zero-order chi connectivity index (χ0) is 16.7. The summed E-state index contributed by atoms with van der Waals surface area (Å²) >= 11 is 0. The number of aromatic nitrogens is 2. The number of nitrogens with zero attached hydrogens (tertiary/aromatic N) is 2. The van der Waals surface area contributed by atoms with Crippen molar-refractivity contribution >= 4 is 11.9 Å². The molecule has 0 aliphatic heterocycles. The summed E-state index contributed by atoms with van der Waals surface area (Å²) in [6.45, 7) is 2.93. The van der Waals surface area contributed by atoms with E-state index in [1.54, 1.807) is 20.1 Å². The third-order valence-electron chi connectivity index (χ3n) is 2.91. The molecule has 23 heavy (non-hydrogen) atoms. The number of esters is 1. The summed E-state index contributed by atoms with van der Waals surface area (Å²) in [5.74, 6) is 0.154. The molecule has 1 aromatic heterocycles. The third-order valence-corrected chi connectivity index (χ3v) is 2.91. The number of carbonyl (C=O) groups is 1. The molecule has 7 nitrogen and oxygen atoms in total. The highest BCUT2D eigenvalue weighted by Gasteiger charge is 2.13. The van der Waals surface area contributed by atoms with Gasteiger partial charge in [0.1, 0.15) is 12.4 Å². The molecule has 1 heterocycles. The second-order valence-electron chi connectivity index (χ2n) is 4.59. The molecule has 0 saturated carbocycles. The van der Waals surface area contributed by atoms with E-state index in [4.69, 9.17) is 19.9 Å². The summed E-state index contributed by atoms with van der Waals surface area (Å²) in [7, 11) is 1.61. The van der Waals surface area contributed by atoms with Crippen LogP contribution in [0.4, 0.5) is 5.95 Å². The standard InChI is InChI=1S/C16H19N3O4/c1-3-22-15(20)14-10-13(18-16(17)19-14)11-5-4-6-12(9-11)23-8-7-21-2/h4-6,9-10H,3,7-8H2,1-2H3,(H2,17,18,19). The third kappa shape index (κ3) is 4.65. The van der Waals surface area contributed by atoms with Gasteiger partial charge in [0.05, 0.1) is 18.9 Å². The molecule has 0 atom stereocenters. The van der Waals surface area contributed by atoms with E-state index in [9.17, 15) is 4.79 Å². The van der Waals surface area contributed by atoms with Crippen LogP contribution < -0.4 is 10.5 Å². The summed E-state index contributed by atoms with van der Waals surface area (Å²) < 4.78 is 15.4. The number of nitrogen functional groups attached to an aromatic ring is 1. The predicted molar refractivity (Wildman–Crippen MR) is 85.2 cm³/mol. The van der Waals surface area contributed by atoms with Crippen LogP contribution in [-0.4, -0.2) is 42.9 Å². The van der Waals surface area contributed by atoms with Crippen LogP contribution in [0.5, 0.6) is 5.75 Å². The first-order chi connectivity index (χ1) is 11.1. The van der Waals surface area contributed by atoms with Gasteiger partial charge in [-0.2, -0.15) is 0 Å². The minimum absolute atomic E-state index is 0.0104. The fourth-order valence-corrected chi connectivity index (χ4v) is 1.91. The van der Waals surface area contributed by atoms with E-state index in [-0.39, 0.29) is 18.2 Å². The zero-order valence-electron chi connectivity index (χ0n) is 13.1. The Morgan fingerprint density at radius 2 is 2.04 bits per heavy atom. The number of hydrogen-bond donors (Lipinski definition) is 1. The van der Waals surface area contributed by atoms with E-state index in [0.717, 1.165) is 5.56 Å². The first-order valence-corrected chi connectivity index (χ1v) is 7.18. The van der Waals surface area contributed by atoms with Gasteiger partial charge in [-0.1, -0.05) is 12.1 Å². The first kappa shape index (κ1) is 16.7. The molecule has 0 radical (unpaired) electrons. The van der Waals surface area contributed by atoms with Gasteiger partial charge in [-0.3, -0.25) is 0 Å². The molecule has 0 bridgehead atoms. The molecule has 0 spiro atoms. The van der Waals surface area contributed by atoms with E-state index in [0.29, 0.717) is 24.7 Å². The number of ether oxygens (including phenoxy) is 3. The fraction of sp³-hybridized carbons (Fsp3) is 0.312. The van der Waals surface area contributed by atoms with Crippen molar-refractivity contribution < 1.29 is 19.0 Å². The molecular weight excluding hydrogens is 298 g/mol. The Bertz CT molecular complexity index is 676. The molecule has 0 aliphatic carbocycles. The Labute approximate surface area is 134 Å². The van der Waals surface area contributed by atoms with Crippen molar-refractivity contribution in [3.63, 3.8) is 0 Å². The number of nitrogens with two attached hydrogens (primary N) is 1. The molecule has 2 rings (SSSR count). The summed E-state index contributed by atoms with van der Waals surface area (Å²) in [6.07, 6.45) is 0. The Morgan fingerprint density at radius 1 is 1.22 bits per heavy atom. The number of rotatable bonds is 7. The van der Waals surface area contributed by atoms with Crippen molar-refractivity contribution in [1.29, 1.82) is 0 Å². The summed E-state index contributed by atoms with van der Waals surface area (Å²) in [4.78, 5) is 19.9. The quantitative estimate of drug-likeness (QED) is 0.615. The van der Waals surface area contributed by atoms with E-state index in [1.807, 2.05) is 24.3 Å². The van der Waals surface area contributed by atoms with Crippen LogP contribution in [0.15, 0.2) is 30.3 Å². The largest absolute Gasteiger partial charge is 0.491 e. The molecule has 2 N–H and O–H groups in total. The molecule has 0 aliphatic rings. The van der Waals surface area contributed by atoms with Crippen LogP contribution >= 0.6 is 0 Å². The highest BCUT2D eigenvalue weighted by Crippen LogP contribution is 2.23. The SMILES string of the molecule is CCOC(=O)c1cc(-c2cccc(OCCOC)c2)nc(N)n1. The van der Waals surface area contributed by atoms with Crippen LogP contribution in [0.2, 0.25) is 0 Å². The van der Waals surface area contributed by atoms with Crippen molar-refractivity contribution in [2.45, 2.75) is 6.92 Å². The van der Waals surface area contributed by atoms with Gasteiger partial charge in [-0.15, -0.1) is 0 Å². The zero-order valence-corrected chi connectivity index (χ0v) is 13.1. The van der Waals surface area contributed by atoms with Gasteiger partial charge in [0.25, 0.3) is 0 Å². The Kier molecular flexibility index (Phi) is 5.87. The molecule has 0 saturated heterocycles. The van der Waals surface area contributed by atoms with Gasteiger partial charge in [0.15, 0.2) is 5.69 Å². The average molecular weight is 317 g/mol. The maximum Gasteiger partial charge on any atom is 0.357 e. The van der Waals surface area contributed by atoms with Crippen LogP contribution in [0.25, 0.3) is 11.3 Å². The highest BCUT2D eigenvalue weighted by molar-refractivity contribution is 5.88. The van der Waals surface area contributed by atoms with Crippen LogP contribution in [-0.2, 0) is 9.47 Å². The Morgan fingerprint density at radius 3 is 2.78 bits per heavy atom. The second kappa shape index (κ2) is 8.09. The van der Waals surface area contributed by atoms with Crippen LogP contribution in [0.1, 0.15) is 17.4 Å². The van der Waals surface area contributed by atoms with Crippen LogP contribution in [0.3, 0.4) is 0 Å². The topological polar surface area (TPSA) is 96.6 Å². The van der Waals surface area contributed by atoms with Gasteiger partial charge in [0.2, 0.25) is 5.95 Å². The van der Waals surface area contributed by atoms with E-state index in [1.165, 1.54) is 0 Å². The number of anilines is 1. The van der Waals surface area contributed by atoms with E-state index >= 15 is 0 Å². The summed E-state index contributed by atoms with van der Waals surface area (Å²) in [5.41, 5.74) is 7.10. The second-order valence-corrected chi connectivity index (χ2v) is 4.59. The number of carbonyl (C=O) groups excluding carboxylic acids is 1. The van der Waals surface area contributed by atoms with Gasteiger partial charge < -0.3 is 19.9 Å². The van der Waals surface area contributed by atoms with Gasteiger partial charge in [0, 0.05) is 12.7 Å². The summed E-state index contributed by atoms with van der Waals surface area (Å²) in [5, 5.41) is 0. The molecule has 7 heteroatoms. The highest BCUT2D eigenvalue weighted by atomic mass is 16.5. The van der Waals surface area contributed by atoms with Crippen molar-refractivity contribution in [1.82, 2.24) is 9.97 Å². The van der Waals surface area contributed by atoms with E-state index in [2.05, 4.69) is 9.97 Å². The molecule has 0 fully saturated rings. The number of benzene rings is 1. The van der Waals surface area contributed by atoms with Gasteiger partial charge in [-0.05, 0) is 25.1 Å². The van der Waals surface area contributed by atoms with E-state index < -0.39 is 5.97 Å². The molecule has 1 aromatic carbocycles. The smallest absolute Gasteiger partial charge is 0.357 e. The molecule has 2 aromatic rings. The van der Waals surface area contributed by atoms with Crippen molar-refractivity contribution in [2.24, 2.45) is 0 Å². The minimum Gasteiger partial charge on any atom is -0.491 e. The lowest BCUT2D eigenvalue weighted by molar-refractivity contribution is 0.0519. The lowest BCUT2D eigenvalue weighted by Crippen LogP contribution is -2.10. The van der Waals surface area contributed by atoms with Gasteiger partial charge in [-0.25, -0.2) is 14.8 Å². The van der Waals surface area contributed by atoms with Crippen molar-refractivity contribution in [3.8, 4) is 17.0 Å². The Balaban J connectivity index is 2.27. The first-order valence-electron chi connectivity index (χ1n) is 7.18. The maximum absolute atomic E-state index is 11.8. The molecule has 0 unspecified atom stereocenters. The molecular formula is C16H19N3O4. The minimum atomic E-state index is -0.532.